The summed E-state index contributed by atoms with van der Waals surface area (Å²) in [6.07, 6.45) is 1.78. The number of rotatable bonds is 5. The highest BCUT2D eigenvalue weighted by atomic mass is 32.1. The Morgan fingerprint density at radius 3 is 2.66 bits per heavy atom. The number of carbonyl (C=O) groups excluding carboxylic acids is 1. The molecule has 0 saturated carbocycles. The van der Waals surface area contributed by atoms with Crippen molar-refractivity contribution >= 4 is 45.0 Å². The van der Waals surface area contributed by atoms with Crippen LogP contribution in [0.2, 0.25) is 0 Å². The summed E-state index contributed by atoms with van der Waals surface area (Å²) < 4.78 is 7.95. The zero-order chi connectivity index (χ0) is 22.1. The highest BCUT2D eigenvalue weighted by Gasteiger charge is 2.12. The van der Waals surface area contributed by atoms with Crippen LogP contribution < -0.4 is 20.1 Å². The number of para-hydroxylation sites is 3. The van der Waals surface area contributed by atoms with E-state index in [4.69, 9.17) is 4.74 Å². The van der Waals surface area contributed by atoms with Gasteiger partial charge in [-0.1, -0.05) is 59.4 Å². The third-order valence-electron chi connectivity index (χ3n) is 5.04. The molecule has 0 radical (unpaired) electrons. The van der Waals surface area contributed by atoms with Crippen LogP contribution in [-0.2, 0) is 4.79 Å². The lowest BCUT2D eigenvalue weighted by Crippen LogP contribution is -2.23. The van der Waals surface area contributed by atoms with Gasteiger partial charge in [-0.05, 0) is 43.3 Å². The molecule has 5 aromatic rings. The fourth-order valence-corrected chi connectivity index (χ4v) is 4.44. The molecule has 0 fully saturated rings. The van der Waals surface area contributed by atoms with E-state index in [0.717, 1.165) is 22.2 Å². The second-order valence-electron chi connectivity index (χ2n) is 7.38. The van der Waals surface area contributed by atoms with Crippen molar-refractivity contribution in [1.82, 2.24) is 9.38 Å². The number of benzene rings is 3. The number of amides is 1. The van der Waals surface area contributed by atoms with E-state index in [1.54, 1.807) is 16.5 Å². The molecular formula is C25H19N3O3S. The summed E-state index contributed by atoms with van der Waals surface area (Å²) in [4.78, 5) is 30.5. The molecule has 6 nitrogen and oxygen atoms in total. The molecule has 1 N–H and O–H groups in total. The minimum Gasteiger partial charge on any atom is -0.483 e. The van der Waals surface area contributed by atoms with Crippen LogP contribution in [0.25, 0.3) is 22.1 Å². The van der Waals surface area contributed by atoms with Gasteiger partial charge in [0.05, 0.1) is 15.6 Å². The summed E-state index contributed by atoms with van der Waals surface area (Å²) in [6, 6.07) is 22.5. The van der Waals surface area contributed by atoms with Crippen molar-refractivity contribution in [2.75, 3.05) is 11.9 Å². The Bertz CT molecular complexity index is 1550. The average Bonchev–Trinajstić information content (AvgIpc) is 3.31. The molecule has 0 saturated heterocycles. The van der Waals surface area contributed by atoms with Gasteiger partial charge in [0, 0.05) is 11.3 Å². The highest BCUT2D eigenvalue weighted by Crippen LogP contribution is 2.20. The monoisotopic (exact) mass is 441 g/mol. The van der Waals surface area contributed by atoms with Gasteiger partial charge in [0.2, 0.25) is 0 Å². The first-order valence-electron chi connectivity index (χ1n) is 10.1. The number of carbonyl (C=O) groups is 1. The zero-order valence-corrected chi connectivity index (χ0v) is 18.1. The fourth-order valence-electron chi connectivity index (χ4n) is 3.46. The first-order chi connectivity index (χ1) is 15.6. The minimum atomic E-state index is -0.255. The molecule has 3 aromatic carbocycles. The van der Waals surface area contributed by atoms with Gasteiger partial charge in [-0.25, -0.2) is 9.38 Å². The van der Waals surface area contributed by atoms with Crippen molar-refractivity contribution in [3.8, 4) is 5.75 Å². The van der Waals surface area contributed by atoms with E-state index in [9.17, 15) is 9.59 Å². The van der Waals surface area contributed by atoms with Crippen LogP contribution in [0.1, 0.15) is 11.1 Å². The maximum Gasteiger partial charge on any atom is 0.274 e. The Morgan fingerprint density at radius 2 is 1.81 bits per heavy atom. The van der Waals surface area contributed by atoms with E-state index in [1.807, 2.05) is 73.7 Å². The van der Waals surface area contributed by atoms with Crippen LogP contribution in [0.3, 0.4) is 0 Å². The standard InChI is InChI=1S/C25H19N3O3S/c1-16-10-12-18(13-11-16)26-23(29)15-31-21-9-5-2-6-17(21)14-22-24(30)28-20-8-4-3-7-19(20)27-25(28)32-22/h2-14H,15H2,1H3,(H,26,29)/b22-14+. The molecule has 2 heterocycles. The Kier molecular flexibility index (Phi) is 5.17. The first kappa shape index (κ1) is 20.0. The lowest BCUT2D eigenvalue weighted by Gasteiger charge is -2.09. The van der Waals surface area contributed by atoms with Gasteiger partial charge in [0.1, 0.15) is 5.75 Å². The molecule has 0 aliphatic rings. The van der Waals surface area contributed by atoms with Crippen LogP contribution >= 0.6 is 11.3 Å². The van der Waals surface area contributed by atoms with Crippen molar-refractivity contribution in [3.63, 3.8) is 0 Å². The van der Waals surface area contributed by atoms with E-state index < -0.39 is 0 Å². The normalized spacial score (nSPS) is 11.8. The molecule has 0 bridgehead atoms. The van der Waals surface area contributed by atoms with Gasteiger partial charge in [0.25, 0.3) is 11.5 Å². The van der Waals surface area contributed by atoms with Crippen LogP contribution in [0.5, 0.6) is 5.75 Å². The topological polar surface area (TPSA) is 72.7 Å². The van der Waals surface area contributed by atoms with Gasteiger partial charge in [0.15, 0.2) is 11.6 Å². The lowest BCUT2D eigenvalue weighted by atomic mass is 10.2. The van der Waals surface area contributed by atoms with Gasteiger partial charge in [-0.2, -0.15) is 0 Å². The number of fused-ring (bicyclic) bond motifs is 3. The van der Waals surface area contributed by atoms with Gasteiger partial charge in [-0.3, -0.25) is 9.59 Å². The molecule has 32 heavy (non-hydrogen) atoms. The first-order valence-corrected chi connectivity index (χ1v) is 10.9. The SMILES string of the molecule is Cc1ccc(NC(=O)COc2ccccc2/C=c2/sc3nc4ccccc4n3c2=O)cc1. The van der Waals surface area contributed by atoms with Crippen molar-refractivity contribution in [3.05, 3.63) is 98.8 Å². The summed E-state index contributed by atoms with van der Waals surface area (Å²) in [6.45, 7) is 1.85. The molecule has 5 rings (SSSR count). The second-order valence-corrected chi connectivity index (χ2v) is 8.38. The van der Waals surface area contributed by atoms with Crippen molar-refractivity contribution < 1.29 is 9.53 Å². The zero-order valence-electron chi connectivity index (χ0n) is 17.2. The summed E-state index contributed by atoms with van der Waals surface area (Å²) in [5, 5.41) is 2.82. The second kappa shape index (κ2) is 8.28. The third-order valence-corrected chi connectivity index (χ3v) is 6.01. The highest BCUT2D eigenvalue weighted by molar-refractivity contribution is 7.15. The largest absolute Gasteiger partial charge is 0.483 e. The number of hydrogen-bond donors (Lipinski definition) is 1. The molecule has 0 spiro atoms. The maximum atomic E-state index is 13.0. The number of imidazole rings is 1. The molecular weight excluding hydrogens is 422 g/mol. The Hall–Kier alpha value is -3.97. The minimum absolute atomic E-state index is 0.120. The third kappa shape index (κ3) is 3.86. The number of nitrogens with zero attached hydrogens (tertiary/aromatic N) is 2. The van der Waals surface area contributed by atoms with E-state index in [-0.39, 0.29) is 18.1 Å². The predicted molar refractivity (Wildman–Crippen MR) is 127 cm³/mol. The lowest BCUT2D eigenvalue weighted by molar-refractivity contribution is -0.118. The fraction of sp³-hybridized carbons (Fsp3) is 0.0800. The molecule has 2 aromatic heterocycles. The number of aromatic nitrogens is 2. The number of hydrogen-bond acceptors (Lipinski definition) is 5. The van der Waals surface area contributed by atoms with Crippen LogP contribution in [0.4, 0.5) is 5.69 Å². The van der Waals surface area contributed by atoms with Crippen molar-refractivity contribution in [2.24, 2.45) is 0 Å². The molecule has 7 heteroatoms. The van der Waals surface area contributed by atoms with Crippen LogP contribution in [-0.4, -0.2) is 21.9 Å². The smallest absolute Gasteiger partial charge is 0.274 e. The average molecular weight is 442 g/mol. The Labute approximate surface area is 187 Å². The van der Waals surface area contributed by atoms with Crippen LogP contribution in [0.15, 0.2) is 77.6 Å². The predicted octanol–water partition coefficient (Wildman–Crippen LogP) is 3.78. The quantitative estimate of drug-likeness (QED) is 0.451. The van der Waals surface area contributed by atoms with E-state index in [0.29, 0.717) is 20.9 Å². The van der Waals surface area contributed by atoms with Crippen LogP contribution in [0, 0.1) is 6.92 Å². The van der Waals surface area contributed by atoms with E-state index in [1.165, 1.54) is 11.3 Å². The number of anilines is 1. The van der Waals surface area contributed by atoms with E-state index in [2.05, 4.69) is 10.3 Å². The number of nitrogens with one attached hydrogen (secondary N) is 1. The summed E-state index contributed by atoms with van der Waals surface area (Å²) in [7, 11) is 0. The number of ether oxygens (including phenoxy) is 1. The Morgan fingerprint density at radius 1 is 1.06 bits per heavy atom. The summed E-state index contributed by atoms with van der Waals surface area (Å²) in [5.74, 6) is 0.274. The molecule has 1 amide bonds. The molecule has 0 unspecified atom stereocenters. The van der Waals surface area contributed by atoms with E-state index >= 15 is 0 Å². The molecule has 158 valence electrons. The summed E-state index contributed by atoms with van der Waals surface area (Å²) >= 11 is 1.33. The molecule has 0 aliphatic carbocycles. The van der Waals surface area contributed by atoms with Crippen molar-refractivity contribution in [1.29, 1.82) is 0 Å². The van der Waals surface area contributed by atoms with Gasteiger partial charge >= 0.3 is 0 Å². The number of aryl methyl sites for hydroxylation is 1. The van der Waals surface area contributed by atoms with Gasteiger partial charge < -0.3 is 10.1 Å². The van der Waals surface area contributed by atoms with Crippen molar-refractivity contribution in [2.45, 2.75) is 6.92 Å². The Balaban J connectivity index is 1.40. The summed E-state index contributed by atoms with van der Waals surface area (Å²) in [5.41, 5.74) is 4.03. The maximum absolute atomic E-state index is 13.0. The molecule has 0 aliphatic heterocycles. The molecule has 0 atom stereocenters. The number of thiazole rings is 1. The van der Waals surface area contributed by atoms with Gasteiger partial charge in [-0.15, -0.1) is 0 Å².